The fourth-order valence-electron chi connectivity index (χ4n) is 1.94. The highest BCUT2D eigenvalue weighted by Gasteiger charge is 2.18. The maximum absolute atomic E-state index is 12.3. The second-order valence-corrected chi connectivity index (χ2v) is 6.56. The summed E-state index contributed by atoms with van der Waals surface area (Å²) in [6.45, 7) is 6.38. The molecule has 0 aliphatic heterocycles. The molecular weight excluding hydrogens is 358 g/mol. The van der Waals surface area contributed by atoms with Gasteiger partial charge in [0.05, 0.1) is 10.5 Å². The van der Waals surface area contributed by atoms with E-state index in [4.69, 9.17) is 9.47 Å². The largest absolute Gasteiger partial charge is 0.461 e. The van der Waals surface area contributed by atoms with E-state index in [1.54, 1.807) is 20.8 Å². The molecule has 1 aromatic rings. The molecule has 148 valence electrons. The number of hydrogen-bond acceptors (Lipinski definition) is 7. The summed E-state index contributed by atoms with van der Waals surface area (Å²) in [5.74, 6) is -1.13. The van der Waals surface area contributed by atoms with E-state index in [0.29, 0.717) is 5.56 Å². The molecule has 0 saturated carbocycles. The Kier molecular flexibility index (Phi) is 7.70. The number of non-ortho nitro benzene ring substituents is 1. The van der Waals surface area contributed by atoms with E-state index < -0.39 is 28.5 Å². The highest BCUT2D eigenvalue weighted by Crippen LogP contribution is 2.19. The van der Waals surface area contributed by atoms with Crippen molar-refractivity contribution in [2.45, 2.75) is 39.9 Å². The predicted octanol–water partition coefficient (Wildman–Crippen LogP) is 1.91. The van der Waals surface area contributed by atoms with E-state index in [1.165, 1.54) is 19.1 Å². The first kappa shape index (κ1) is 21.9. The molecule has 0 aromatic heterocycles. The predicted molar refractivity (Wildman–Crippen MR) is 95.1 cm³/mol. The summed E-state index contributed by atoms with van der Waals surface area (Å²) in [6.07, 6.45) is -0.623. The molecule has 2 amide bonds. The highest BCUT2D eigenvalue weighted by molar-refractivity contribution is 5.96. The molecular formula is C17H23N3O7. The fraction of sp³-hybridized carbons (Fsp3) is 0.471. The summed E-state index contributed by atoms with van der Waals surface area (Å²) in [6, 6.07) is 3.68. The van der Waals surface area contributed by atoms with Crippen molar-refractivity contribution in [1.82, 2.24) is 10.6 Å². The summed E-state index contributed by atoms with van der Waals surface area (Å²) < 4.78 is 9.92. The molecule has 0 spiro atoms. The van der Waals surface area contributed by atoms with Crippen LogP contribution >= 0.6 is 0 Å². The lowest BCUT2D eigenvalue weighted by atomic mass is 10.1. The van der Waals surface area contributed by atoms with Crippen LogP contribution in [0.5, 0.6) is 0 Å². The number of nitro groups is 1. The molecule has 0 fully saturated rings. The van der Waals surface area contributed by atoms with Crippen molar-refractivity contribution < 1.29 is 28.8 Å². The zero-order valence-electron chi connectivity index (χ0n) is 15.7. The Labute approximate surface area is 156 Å². The second-order valence-electron chi connectivity index (χ2n) is 6.56. The van der Waals surface area contributed by atoms with Gasteiger partial charge in [-0.3, -0.25) is 19.7 Å². The van der Waals surface area contributed by atoms with Crippen molar-refractivity contribution in [3.8, 4) is 0 Å². The van der Waals surface area contributed by atoms with Gasteiger partial charge >= 0.3 is 12.1 Å². The standard InChI is InChI=1S/C17H23N3O7/c1-11(21)26-10-12-5-6-13(20(24)25)9-14(12)15(22)18-7-8-19-16(23)27-17(2,3)4/h5-6,9H,7-8,10H2,1-4H3,(H,18,22)(H,19,23). The molecule has 10 heteroatoms. The molecule has 0 heterocycles. The Hall–Kier alpha value is -3.17. The number of esters is 1. The van der Waals surface area contributed by atoms with Crippen LogP contribution in [-0.4, -0.2) is 41.6 Å². The molecule has 0 bridgehead atoms. The molecule has 1 rings (SSSR count). The lowest BCUT2D eigenvalue weighted by Gasteiger charge is -2.19. The number of rotatable bonds is 7. The number of hydrogen-bond donors (Lipinski definition) is 2. The quantitative estimate of drug-likeness (QED) is 0.318. The minimum absolute atomic E-state index is 0.0164. The van der Waals surface area contributed by atoms with Crippen molar-refractivity contribution in [2.24, 2.45) is 0 Å². The van der Waals surface area contributed by atoms with Crippen LogP contribution in [0.1, 0.15) is 43.6 Å². The smallest absolute Gasteiger partial charge is 0.407 e. The van der Waals surface area contributed by atoms with Crippen LogP contribution in [0.15, 0.2) is 18.2 Å². The van der Waals surface area contributed by atoms with Crippen LogP contribution in [0.4, 0.5) is 10.5 Å². The van der Waals surface area contributed by atoms with Gasteiger partial charge in [-0.25, -0.2) is 4.79 Å². The van der Waals surface area contributed by atoms with Gasteiger partial charge in [0.15, 0.2) is 0 Å². The van der Waals surface area contributed by atoms with Crippen molar-refractivity contribution in [3.05, 3.63) is 39.4 Å². The van der Waals surface area contributed by atoms with Gasteiger partial charge in [-0.05, 0) is 26.8 Å². The number of carbonyl (C=O) groups is 3. The third-order valence-corrected chi connectivity index (χ3v) is 3.06. The zero-order chi connectivity index (χ0) is 20.6. The average Bonchev–Trinajstić information content (AvgIpc) is 2.54. The topological polar surface area (TPSA) is 137 Å². The normalized spacial score (nSPS) is 10.7. The number of nitro benzene ring substituents is 1. The first-order valence-electron chi connectivity index (χ1n) is 8.15. The van der Waals surface area contributed by atoms with Gasteiger partial charge in [0.2, 0.25) is 0 Å². The Bertz CT molecular complexity index is 726. The monoisotopic (exact) mass is 381 g/mol. The number of benzene rings is 1. The average molecular weight is 381 g/mol. The van der Waals surface area contributed by atoms with Gasteiger partial charge in [0.1, 0.15) is 12.2 Å². The SMILES string of the molecule is CC(=O)OCc1ccc([N+](=O)[O-])cc1C(=O)NCCNC(=O)OC(C)(C)C. The molecule has 0 aliphatic carbocycles. The van der Waals surface area contributed by atoms with E-state index in [0.717, 1.165) is 6.07 Å². The minimum atomic E-state index is -0.637. The van der Waals surface area contributed by atoms with Gasteiger partial charge in [0, 0.05) is 37.7 Å². The highest BCUT2D eigenvalue weighted by atomic mass is 16.6. The Morgan fingerprint density at radius 1 is 1.15 bits per heavy atom. The van der Waals surface area contributed by atoms with Crippen LogP contribution in [0.2, 0.25) is 0 Å². The Morgan fingerprint density at radius 3 is 2.33 bits per heavy atom. The maximum atomic E-state index is 12.3. The number of nitrogens with zero attached hydrogens (tertiary/aromatic N) is 1. The maximum Gasteiger partial charge on any atom is 0.407 e. The van der Waals surface area contributed by atoms with Gasteiger partial charge in [-0.15, -0.1) is 0 Å². The minimum Gasteiger partial charge on any atom is -0.461 e. The van der Waals surface area contributed by atoms with Gasteiger partial charge in [0.25, 0.3) is 11.6 Å². The molecule has 0 saturated heterocycles. The Balaban J connectivity index is 2.71. The number of carbonyl (C=O) groups excluding carboxylic acids is 3. The fourth-order valence-corrected chi connectivity index (χ4v) is 1.94. The van der Waals surface area contributed by atoms with Crippen molar-refractivity contribution in [1.29, 1.82) is 0 Å². The van der Waals surface area contributed by atoms with Crippen LogP contribution in [-0.2, 0) is 20.9 Å². The number of alkyl carbamates (subject to hydrolysis) is 1. The van der Waals surface area contributed by atoms with E-state index in [9.17, 15) is 24.5 Å². The van der Waals surface area contributed by atoms with E-state index in [1.807, 2.05) is 0 Å². The lowest BCUT2D eigenvalue weighted by molar-refractivity contribution is -0.384. The molecule has 1 aromatic carbocycles. The number of amides is 2. The molecule has 10 nitrogen and oxygen atoms in total. The van der Waals surface area contributed by atoms with Crippen LogP contribution in [0, 0.1) is 10.1 Å². The Morgan fingerprint density at radius 2 is 1.78 bits per heavy atom. The summed E-state index contributed by atoms with van der Waals surface area (Å²) in [5.41, 5.74) is -0.559. The molecule has 0 atom stereocenters. The van der Waals surface area contributed by atoms with E-state index in [-0.39, 0.29) is 30.9 Å². The molecule has 2 N–H and O–H groups in total. The van der Waals surface area contributed by atoms with Crippen molar-refractivity contribution in [3.63, 3.8) is 0 Å². The van der Waals surface area contributed by atoms with Crippen LogP contribution in [0.3, 0.4) is 0 Å². The second kappa shape index (κ2) is 9.51. The van der Waals surface area contributed by atoms with E-state index >= 15 is 0 Å². The number of ether oxygens (including phenoxy) is 2. The van der Waals surface area contributed by atoms with Gasteiger partial charge in [-0.1, -0.05) is 0 Å². The molecule has 0 unspecified atom stereocenters. The number of nitrogens with one attached hydrogen (secondary N) is 2. The van der Waals surface area contributed by atoms with Crippen molar-refractivity contribution in [2.75, 3.05) is 13.1 Å². The summed E-state index contributed by atoms with van der Waals surface area (Å²) in [4.78, 5) is 45.1. The molecule has 0 aliphatic rings. The van der Waals surface area contributed by atoms with Gasteiger partial charge < -0.3 is 20.1 Å². The molecule has 0 radical (unpaired) electrons. The zero-order valence-corrected chi connectivity index (χ0v) is 15.7. The van der Waals surface area contributed by atoms with Crippen molar-refractivity contribution >= 4 is 23.7 Å². The molecule has 27 heavy (non-hydrogen) atoms. The summed E-state index contributed by atoms with van der Waals surface area (Å²) >= 11 is 0. The van der Waals surface area contributed by atoms with Gasteiger partial charge in [-0.2, -0.15) is 0 Å². The van der Waals surface area contributed by atoms with E-state index in [2.05, 4.69) is 10.6 Å². The van der Waals surface area contributed by atoms with Crippen LogP contribution < -0.4 is 10.6 Å². The summed E-state index contributed by atoms with van der Waals surface area (Å²) in [7, 11) is 0. The first-order chi connectivity index (χ1) is 12.5. The third kappa shape index (κ3) is 8.17. The third-order valence-electron chi connectivity index (χ3n) is 3.06. The van der Waals surface area contributed by atoms with Crippen LogP contribution in [0.25, 0.3) is 0 Å². The first-order valence-corrected chi connectivity index (χ1v) is 8.15. The lowest BCUT2D eigenvalue weighted by Crippen LogP contribution is -2.38. The summed E-state index contributed by atoms with van der Waals surface area (Å²) in [5, 5.41) is 15.9.